The predicted octanol–water partition coefficient (Wildman–Crippen LogP) is 1.48. The highest BCUT2D eigenvalue weighted by atomic mass is 15.1. The van der Waals surface area contributed by atoms with E-state index in [2.05, 4.69) is 20.3 Å². The molecule has 5 nitrogen and oxygen atoms in total. The van der Waals surface area contributed by atoms with Crippen LogP contribution in [-0.4, -0.2) is 29.0 Å². The molecule has 0 unspecified atom stereocenters. The van der Waals surface area contributed by atoms with E-state index in [9.17, 15) is 0 Å². The van der Waals surface area contributed by atoms with Crippen molar-refractivity contribution >= 4 is 11.4 Å². The fraction of sp³-hybridized carbons (Fsp3) is 0.273. The van der Waals surface area contributed by atoms with E-state index in [0.29, 0.717) is 6.54 Å². The third-order valence-electron chi connectivity index (χ3n) is 2.28. The van der Waals surface area contributed by atoms with Gasteiger partial charge in [-0.1, -0.05) is 0 Å². The van der Waals surface area contributed by atoms with Gasteiger partial charge in [0.05, 0.1) is 24.1 Å². The molecule has 84 valence electrons. The fourth-order valence-corrected chi connectivity index (χ4v) is 1.49. The van der Waals surface area contributed by atoms with E-state index in [0.717, 1.165) is 17.2 Å². The zero-order valence-electron chi connectivity index (χ0n) is 9.44. The van der Waals surface area contributed by atoms with E-state index in [-0.39, 0.29) is 0 Å². The molecule has 5 heteroatoms. The van der Waals surface area contributed by atoms with E-state index in [1.54, 1.807) is 12.4 Å². The van der Waals surface area contributed by atoms with Gasteiger partial charge in [-0.2, -0.15) is 0 Å². The van der Waals surface area contributed by atoms with Gasteiger partial charge in [0.15, 0.2) is 0 Å². The quantitative estimate of drug-likeness (QED) is 0.814. The van der Waals surface area contributed by atoms with Gasteiger partial charge in [-0.25, -0.2) is 4.98 Å². The second-order valence-corrected chi connectivity index (χ2v) is 3.68. The topological polar surface area (TPSA) is 56.8 Å². The van der Waals surface area contributed by atoms with Crippen molar-refractivity contribution in [2.24, 2.45) is 0 Å². The van der Waals surface area contributed by atoms with E-state index in [1.807, 2.05) is 37.5 Å². The summed E-state index contributed by atoms with van der Waals surface area (Å²) < 4.78 is 0. The molecule has 0 aliphatic rings. The molecular formula is C11H15N5. The summed E-state index contributed by atoms with van der Waals surface area (Å²) >= 11 is 0. The number of H-pyrrole nitrogens is 1. The maximum Gasteiger partial charge on any atom is 0.125 e. The summed E-state index contributed by atoms with van der Waals surface area (Å²) in [5.41, 5.74) is 2.12. The Hall–Kier alpha value is -2.04. The first-order valence-electron chi connectivity index (χ1n) is 5.11. The molecule has 2 N–H and O–H groups in total. The van der Waals surface area contributed by atoms with Gasteiger partial charge in [-0.05, 0) is 6.07 Å². The van der Waals surface area contributed by atoms with Crippen molar-refractivity contribution in [1.29, 1.82) is 0 Å². The third kappa shape index (κ3) is 2.31. The van der Waals surface area contributed by atoms with Crippen LogP contribution in [0.3, 0.4) is 0 Å². The molecule has 0 aliphatic heterocycles. The summed E-state index contributed by atoms with van der Waals surface area (Å²) in [5, 5.41) is 3.30. The second-order valence-electron chi connectivity index (χ2n) is 3.68. The monoisotopic (exact) mass is 217 g/mol. The molecule has 0 bridgehead atoms. The van der Waals surface area contributed by atoms with Crippen LogP contribution in [0.4, 0.5) is 11.4 Å². The van der Waals surface area contributed by atoms with Crippen LogP contribution >= 0.6 is 0 Å². The number of pyridine rings is 1. The van der Waals surface area contributed by atoms with Crippen LogP contribution in [-0.2, 0) is 6.54 Å². The minimum Gasteiger partial charge on any atom is -0.376 e. The second kappa shape index (κ2) is 4.65. The van der Waals surface area contributed by atoms with E-state index < -0.39 is 0 Å². The SMILES string of the molecule is CN(C)c1ccncc1NCc1ncc[nH]1. The fourth-order valence-electron chi connectivity index (χ4n) is 1.49. The van der Waals surface area contributed by atoms with Crippen molar-refractivity contribution in [3.8, 4) is 0 Å². The highest BCUT2D eigenvalue weighted by Crippen LogP contribution is 2.22. The maximum absolute atomic E-state index is 4.15. The van der Waals surface area contributed by atoms with Crippen LogP contribution in [0.2, 0.25) is 0 Å². The first-order chi connectivity index (χ1) is 7.77. The Balaban J connectivity index is 2.09. The Kier molecular flexibility index (Phi) is 3.05. The number of nitrogens with zero attached hydrogens (tertiary/aromatic N) is 3. The summed E-state index contributed by atoms with van der Waals surface area (Å²) in [6.45, 7) is 0.666. The molecule has 16 heavy (non-hydrogen) atoms. The Bertz CT molecular complexity index is 435. The summed E-state index contributed by atoms with van der Waals surface area (Å²) in [6, 6.07) is 1.98. The Morgan fingerprint density at radius 1 is 1.38 bits per heavy atom. The van der Waals surface area contributed by atoms with Gasteiger partial charge in [-0.3, -0.25) is 4.98 Å². The van der Waals surface area contributed by atoms with Crippen LogP contribution in [0.25, 0.3) is 0 Å². The van der Waals surface area contributed by atoms with Gasteiger partial charge in [0.2, 0.25) is 0 Å². The molecule has 0 aromatic carbocycles. The predicted molar refractivity (Wildman–Crippen MR) is 64.5 cm³/mol. The molecule has 0 atom stereocenters. The third-order valence-corrected chi connectivity index (χ3v) is 2.28. The molecule has 0 spiro atoms. The molecule has 0 fully saturated rings. The average molecular weight is 217 g/mol. The molecule has 0 amide bonds. The van der Waals surface area contributed by atoms with Crippen LogP contribution in [0, 0.1) is 0 Å². The molecule has 2 rings (SSSR count). The number of hydrogen-bond acceptors (Lipinski definition) is 4. The lowest BCUT2D eigenvalue weighted by molar-refractivity contribution is 0.992. The summed E-state index contributed by atoms with van der Waals surface area (Å²) in [6.07, 6.45) is 7.16. The molecular weight excluding hydrogens is 202 g/mol. The Labute approximate surface area is 94.5 Å². The van der Waals surface area contributed by atoms with E-state index in [1.165, 1.54) is 0 Å². The lowest BCUT2D eigenvalue weighted by Gasteiger charge is -2.17. The van der Waals surface area contributed by atoms with Crippen molar-refractivity contribution in [3.05, 3.63) is 36.7 Å². The van der Waals surface area contributed by atoms with E-state index >= 15 is 0 Å². The Morgan fingerprint density at radius 2 is 2.25 bits per heavy atom. The standard InChI is InChI=1S/C11H15N5/c1-16(2)10-3-4-12-7-9(10)15-8-11-13-5-6-14-11/h3-7,15H,8H2,1-2H3,(H,13,14). The number of rotatable bonds is 4. The largest absolute Gasteiger partial charge is 0.376 e. The number of hydrogen-bond donors (Lipinski definition) is 2. The highest BCUT2D eigenvalue weighted by Gasteiger charge is 2.03. The molecule has 0 saturated heterocycles. The highest BCUT2D eigenvalue weighted by molar-refractivity contribution is 5.67. The lowest BCUT2D eigenvalue weighted by atomic mass is 10.3. The van der Waals surface area contributed by atoms with Crippen molar-refractivity contribution in [2.45, 2.75) is 6.54 Å². The zero-order chi connectivity index (χ0) is 11.4. The number of imidazole rings is 1. The normalized spacial score (nSPS) is 10.1. The van der Waals surface area contributed by atoms with Crippen LogP contribution in [0.15, 0.2) is 30.9 Å². The maximum atomic E-state index is 4.15. The van der Waals surface area contributed by atoms with Crippen LogP contribution in [0.5, 0.6) is 0 Å². The summed E-state index contributed by atoms with van der Waals surface area (Å²) in [7, 11) is 4.01. The number of nitrogens with one attached hydrogen (secondary N) is 2. The van der Waals surface area contributed by atoms with Gasteiger partial charge >= 0.3 is 0 Å². The lowest BCUT2D eigenvalue weighted by Crippen LogP contribution is -2.12. The first kappa shape index (κ1) is 10.5. The molecule has 2 heterocycles. The molecule has 0 aliphatic carbocycles. The molecule has 0 saturated carbocycles. The van der Waals surface area contributed by atoms with Gasteiger partial charge in [-0.15, -0.1) is 0 Å². The number of anilines is 2. The molecule has 2 aromatic heterocycles. The van der Waals surface area contributed by atoms with Crippen LogP contribution in [0.1, 0.15) is 5.82 Å². The van der Waals surface area contributed by atoms with Gasteiger partial charge in [0.1, 0.15) is 5.82 Å². The van der Waals surface area contributed by atoms with Gasteiger partial charge < -0.3 is 15.2 Å². The van der Waals surface area contributed by atoms with Gasteiger partial charge in [0.25, 0.3) is 0 Å². The summed E-state index contributed by atoms with van der Waals surface area (Å²) in [5.74, 6) is 0.911. The zero-order valence-corrected chi connectivity index (χ0v) is 9.44. The number of aromatic nitrogens is 3. The van der Waals surface area contributed by atoms with Crippen LogP contribution < -0.4 is 10.2 Å². The number of aromatic amines is 1. The van der Waals surface area contributed by atoms with Gasteiger partial charge in [0, 0.05) is 32.7 Å². The summed E-state index contributed by atoms with van der Waals surface area (Å²) in [4.78, 5) is 13.4. The molecule has 0 radical (unpaired) electrons. The van der Waals surface area contributed by atoms with Crippen molar-refractivity contribution in [3.63, 3.8) is 0 Å². The smallest absolute Gasteiger partial charge is 0.125 e. The van der Waals surface area contributed by atoms with Crippen molar-refractivity contribution in [1.82, 2.24) is 15.0 Å². The minimum atomic E-state index is 0.666. The average Bonchev–Trinajstić information content (AvgIpc) is 2.79. The first-order valence-corrected chi connectivity index (χ1v) is 5.11. The van der Waals surface area contributed by atoms with E-state index in [4.69, 9.17) is 0 Å². The molecule has 2 aromatic rings. The Morgan fingerprint density at radius 3 is 2.94 bits per heavy atom. The minimum absolute atomic E-state index is 0.666. The van der Waals surface area contributed by atoms with Crippen molar-refractivity contribution in [2.75, 3.05) is 24.3 Å². The van der Waals surface area contributed by atoms with Crippen molar-refractivity contribution < 1.29 is 0 Å².